The van der Waals surface area contributed by atoms with Crippen molar-refractivity contribution in [2.45, 2.75) is 39.7 Å². The molecule has 0 saturated heterocycles. The quantitative estimate of drug-likeness (QED) is 0.867. The molecule has 0 aliphatic heterocycles. The zero-order valence-corrected chi connectivity index (χ0v) is 13.1. The second-order valence-corrected chi connectivity index (χ2v) is 6.29. The zero-order chi connectivity index (χ0) is 14.5. The summed E-state index contributed by atoms with van der Waals surface area (Å²) in [6.45, 7) is 8.18. The largest absolute Gasteiger partial charge is 0.312 e. The topological polar surface area (TPSA) is 24.9 Å². The van der Waals surface area contributed by atoms with Crippen LogP contribution in [0, 0.1) is 5.82 Å². The first-order valence-corrected chi connectivity index (χ1v) is 7.86. The molecule has 1 aromatic heterocycles. The Labute approximate surface area is 124 Å². The Morgan fingerprint density at radius 2 is 2.05 bits per heavy atom. The van der Waals surface area contributed by atoms with E-state index in [1.165, 1.54) is 10.9 Å². The molecular formula is C16H21FN2S. The van der Waals surface area contributed by atoms with E-state index in [0.29, 0.717) is 17.9 Å². The van der Waals surface area contributed by atoms with Gasteiger partial charge in [0.2, 0.25) is 0 Å². The number of thiazole rings is 1. The second kappa shape index (κ2) is 6.95. The summed E-state index contributed by atoms with van der Waals surface area (Å²) in [5, 5.41) is 4.34. The van der Waals surface area contributed by atoms with Crippen molar-refractivity contribution < 1.29 is 4.39 Å². The van der Waals surface area contributed by atoms with Crippen LogP contribution in [0.3, 0.4) is 0 Å². The average molecular weight is 292 g/mol. The lowest BCUT2D eigenvalue weighted by atomic mass is 10.1. The first-order valence-electron chi connectivity index (χ1n) is 7.04. The van der Waals surface area contributed by atoms with Crippen LogP contribution in [0.15, 0.2) is 24.3 Å². The van der Waals surface area contributed by atoms with E-state index in [9.17, 15) is 4.39 Å². The van der Waals surface area contributed by atoms with Gasteiger partial charge in [0, 0.05) is 17.8 Å². The molecule has 2 aromatic rings. The first kappa shape index (κ1) is 15.1. The minimum Gasteiger partial charge on any atom is -0.312 e. The Bertz CT molecular complexity index is 563. The Morgan fingerprint density at radius 3 is 2.70 bits per heavy atom. The van der Waals surface area contributed by atoms with Crippen LogP contribution in [0.5, 0.6) is 0 Å². The predicted octanol–water partition coefficient (Wildman–Crippen LogP) is 4.11. The van der Waals surface area contributed by atoms with E-state index in [1.54, 1.807) is 17.4 Å². The molecule has 0 amide bonds. The minimum atomic E-state index is -0.151. The van der Waals surface area contributed by atoms with E-state index in [-0.39, 0.29) is 5.82 Å². The number of halogens is 1. The minimum absolute atomic E-state index is 0.151. The van der Waals surface area contributed by atoms with Gasteiger partial charge in [0.15, 0.2) is 0 Å². The third kappa shape index (κ3) is 3.64. The Balaban J connectivity index is 2.22. The Kier molecular flexibility index (Phi) is 5.26. The van der Waals surface area contributed by atoms with Crippen LogP contribution in [-0.4, -0.2) is 11.5 Å². The van der Waals surface area contributed by atoms with Crippen LogP contribution < -0.4 is 5.32 Å². The van der Waals surface area contributed by atoms with Gasteiger partial charge in [-0.15, -0.1) is 11.3 Å². The first-order chi connectivity index (χ1) is 9.61. The molecule has 1 heterocycles. The lowest BCUT2D eigenvalue weighted by Gasteiger charge is -2.04. The third-order valence-corrected chi connectivity index (χ3v) is 4.22. The Morgan fingerprint density at radius 1 is 1.30 bits per heavy atom. The monoisotopic (exact) mass is 292 g/mol. The van der Waals surface area contributed by atoms with E-state index in [0.717, 1.165) is 23.8 Å². The number of nitrogens with zero attached hydrogens (tertiary/aromatic N) is 1. The summed E-state index contributed by atoms with van der Waals surface area (Å²) in [7, 11) is 0. The van der Waals surface area contributed by atoms with Crippen molar-refractivity contribution in [2.24, 2.45) is 0 Å². The molecule has 0 radical (unpaired) electrons. The summed E-state index contributed by atoms with van der Waals surface area (Å²) in [5.41, 5.74) is 1.86. The molecule has 1 aromatic carbocycles. The normalized spacial score (nSPS) is 11.2. The van der Waals surface area contributed by atoms with Crippen molar-refractivity contribution in [2.75, 3.05) is 6.54 Å². The average Bonchev–Trinajstić information content (AvgIpc) is 2.82. The standard InChI is InChI=1S/C16H21FN2S/c1-4-18-10-14-16(11(2)3)19-15(20-14)9-12-7-5-6-8-13(12)17/h5-8,11,18H,4,9-10H2,1-3H3. The number of hydrogen-bond donors (Lipinski definition) is 1. The predicted molar refractivity (Wildman–Crippen MR) is 82.8 cm³/mol. The van der Waals surface area contributed by atoms with Gasteiger partial charge in [-0.25, -0.2) is 9.37 Å². The van der Waals surface area contributed by atoms with Crippen LogP contribution in [0.2, 0.25) is 0 Å². The van der Waals surface area contributed by atoms with E-state index >= 15 is 0 Å². The van der Waals surface area contributed by atoms with Gasteiger partial charge in [0.05, 0.1) is 10.7 Å². The highest BCUT2D eigenvalue weighted by atomic mass is 32.1. The summed E-state index contributed by atoms with van der Waals surface area (Å²) in [4.78, 5) is 5.98. The number of aromatic nitrogens is 1. The van der Waals surface area contributed by atoms with Crippen LogP contribution in [0.25, 0.3) is 0 Å². The number of rotatable bonds is 6. The molecule has 4 heteroatoms. The van der Waals surface area contributed by atoms with Crippen molar-refractivity contribution >= 4 is 11.3 Å². The van der Waals surface area contributed by atoms with Gasteiger partial charge in [-0.2, -0.15) is 0 Å². The van der Waals surface area contributed by atoms with Crippen molar-refractivity contribution in [3.05, 3.63) is 51.2 Å². The molecule has 108 valence electrons. The summed E-state index contributed by atoms with van der Waals surface area (Å²) < 4.78 is 13.7. The number of benzene rings is 1. The molecule has 0 aliphatic carbocycles. The summed E-state index contributed by atoms with van der Waals surface area (Å²) in [6, 6.07) is 6.92. The van der Waals surface area contributed by atoms with Crippen LogP contribution in [-0.2, 0) is 13.0 Å². The molecule has 0 saturated carbocycles. The summed E-state index contributed by atoms with van der Waals surface area (Å²) in [6.07, 6.45) is 0.573. The second-order valence-electron chi connectivity index (χ2n) is 5.12. The van der Waals surface area contributed by atoms with Crippen molar-refractivity contribution in [3.63, 3.8) is 0 Å². The van der Waals surface area contributed by atoms with E-state index in [1.807, 2.05) is 12.1 Å². The SMILES string of the molecule is CCNCc1sc(Cc2ccccc2F)nc1C(C)C. The lowest BCUT2D eigenvalue weighted by Crippen LogP contribution is -2.12. The highest BCUT2D eigenvalue weighted by Gasteiger charge is 2.15. The molecule has 0 bridgehead atoms. The van der Waals surface area contributed by atoms with Gasteiger partial charge in [-0.3, -0.25) is 0 Å². The summed E-state index contributed by atoms with van der Waals surface area (Å²) >= 11 is 1.69. The van der Waals surface area contributed by atoms with Crippen molar-refractivity contribution in [3.8, 4) is 0 Å². The fourth-order valence-corrected chi connectivity index (χ4v) is 3.33. The molecule has 0 atom stereocenters. The van der Waals surface area contributed by atoms with E-state index < -0.39 is 0 Å². The zero-order valence-electron chi connectivity index (χ0n) is 12.2. The highest BCUT2D eigenvalue weighted by molar-refractivity contribution is 7.11. The molecule has 0 fully saturated rings. The van der Waals surface area contributed by atoms with E-state index in [4.69, 9.17) is 4.98 Å². The van der Waals surface area contributed by atoms with Gasteiger partial charge < -0.3 is 5.32 Å². The smallest absolute Gasteiger partial charge is 0.126 e. The molecule has 1 N–H and O–H groups in total. The highest BCUT2D eigenvalue weighted by Crippen LogP contribution is 2.27. The Hall–Kier alpha value is -1.26. The fourth-order valence-electron chi connectivity index (χ4n) is 2.11. The molecule has 0 unspecified atom stereocenters. The third-order valence-electron chi connectivity index (χ3n) is 3.15. The molecule has 0 aliphatic rings. The lowest BCUT2D eigenvalue weighted by molar-refractivity contribution is 0.613. The van der Waals surface area contributed by atoms with Gasteiger partial charge in [-0.05, 0) is 24.1 Å². The summed E-state index contributed by atoms with van der Waals surface area (Å²) in [5.74, 6) is 0.247. The molecule has 0 spiro atoms. The van der Waals surface area contributed by atoms with Crippen molar-refractivity contribution in [1.82, 2.24) is 10.3 Å². The molecule has 20 heavy (non-hydrogen) atoms. The van der Waals surface area contributed by atoms with E-state index in [2.05, 4.69) is 26.1 Å². The van der Waals surface area contributed by atoms with Crippen LogP contribution in [0.4, 0.5) is 4.39 Å². The van der Waals surface area contributed by atoms with Gasteiger partial charge in [0.1, 0.15) is 5.82 Å². The maximum absolute atomic E-state index is 13.7. The van der Waals surface area contributed by atoms with Crippen LogP contribution >= 0.6 is 11.3 Å². The molecular weight excluding hydrogens is 271 g/mol. The van der Waals surface area contributed by atoms with Crippen LogP contribution in [0.1, 0.15) is 47.8 Å². The van der Waals surface area contributed by atoms with Gasteiger partial charge in [-0.1, -0.05) is 39.0 Å². The van der Waals surface area contributed by atoms with Crippen molar-refractivity contribution in [1.29, 1.82) is 0 Å². The maximum Gasteiger partial charge on any atom is 0.126 e. The number of nitrogens with one attached hydrogen (secondary N) is 1. The van der Waals surface area contributed by atoms with Gasteiger partial charge >= 0.3 is 0 Å². The fraction of sp³-hybridized carbons (Fsp3) is 0.438. The maximum atomic E-state index is 13.7. The number of hydrogen-bond acceptors (Lipinski definition) is 3. The van der Waals surface area contributed by atoms with Gasteiger partial charge in [0.25, 0.3) is 0 Å². The molecule has 2 rings (SSSR count). The molecule has 2 nitrogen and oxygen atoms in total.